The normalized spacial score (nSPS) is 15.5. The molecule has 0 bridgehead atoms. The molecular formula is C27H28N2O4. The van der Waals surface area contributed by atoms with Crippen LogP contribution < -0.4 is 5.32 Å². The van der Waals surface area contributed by atoms with Crippen LogP contribution in [0, 0.1) is 11.3 Å². The molecule has 0 radical (unpaired) electrons. The first kappa shape index (κ1) is 23.8. The van der Waals surface area contributed by atoms with E-state index in [4.69, 9.17) is 14.7 Å². The third kappa shape index (κ3) is 6.11. The number of esters is 2. The molecule has 1 heterocycles. The fourth-order valence-electron chi connectivity index (χ4n) is 3.94. The van der Waals surface area contributed by atoms with Crippen LogP contribution in [0.2, 0.25) is 0 Å². The van der Waals surface area contributed by atoms with Gasteiger partial charge in [-0.2, -0.15) is 5.26 Å². The number of carbonyl (C=O) groups excluding carboxylic acids is 2. The summed E-state index contributed by atoms with van der Waals surface area (Å²) in [5, 5.41) is 11.9. The van der Waals surface area contributed by atoms with E-state index in [1.165, 1.54) is 5.56 Å². The summed E-state index contributed by atoms with van der Waals surface area (Å²) in [5.41, 5.74) is 3.97. The van der Waals surface area contributed by atoms with Gasteiger partial charge in [-0.15, -0.1) is 0 Å². The van der Waals surface area contributed by atoms with Crippen molar-refractivity contribution >= 4 is 11.9 Å². The highest BCUT2D eigenvalue weighted by Gasteiger charge is 2.37. The summed E-state index contributed by atoms with van der Waals surface area (Å²) in [6.07, 6.45) is 1.61. The van der Waals surface area contributed by atoms with E-state index in [2.05, 4.69) is 5.32 Å². The Morgan fingerprint density at radius 1 is 0.879 bits per heavy atom. The van der Waals surface area contributed by atoms with Crippen molar-refractivity contribution in [2.75, 3.05) is 13.2 Å². The number of hydrogen-bond acceptors (Lipinski definition) is 6. The lowest BCUT2D eigenvalue weighted by atomic mass is 9.80. The van der Waals surface area contributed by atoms with Gasteiger partial charge in [0, 0.05) is 11.4 Å². The van der Waals surface area contributed by atoms with Crippen molar-refractivity contribution in [2.24, 2.45) is 0 Å². The molecule has 1 aliphatic heterocycles. The molecule has 33 heavy (non-hydrogen) atoms. The van der Waals surface area contributed by atoms with Crippen molar-refractivity contribution in [1.82, 2.24) is 5.32 Å². The fourth-order valence-corrected chi connectivity index (χ4v) is 3.94. The lowest BCUT2D eigenvalue weighted by molar-refractivity contribution is -0.140. The van der Waals surface area contributed by atoms with Gasteiger partial charge < -0.3 is 14.8 Å². The van der Waals surface area contributed by atoms with E-state index in [0.717, 1.165) is 12.0 Å². The monoisotopic (exact) mass is 444 g/mol. The second-order valence-electron chi connectivity index (χ2n) is 7.82. The number of nitrogens with one attached hydrogen (secondary N) is 1. The van der Waals surface area contributed by atoms with Crippen LogP contribution in [0.5, 0.6) is 0 Å². The molecule has 0 fully saturated rings. The van der Waals surface area contributed by atoms with Gasteiger partial charge in [-0.05, 0) is 37.8 Å². The maximum Gasteiger partial charge on any atom is 0.336 e. The van der Waals surface area contributed by atoms with Crippen LogP contribution in [0.3, 0.4) is 0 Å². The molecule has 1 aliphatic rings. The van der Waals surface area contributed by atoms with Gasteiger partial charge >= 0.3 is 11.9 Å². The van der Waals surface area contributed by atoms with Gasteiger partial charge in [0.05, 0.1) is 36.2 Å². The Morgan fingerprint density at radius 3 is 2.00 bits per heavy atom. The maximum absolute atomic E-state index is 13.2. The molecular weight excluding hydrogens is 416 g/mol. The number of benzene rings is 2. The van der Waals surface area contributed by atoms with Crippen molar-refractivity contribution in [3.63, 3.8) is 0 Å². The molecule has 2 aromatic carbocycles. The average molecular weight is 445 g/mol. The minimum absolute atomic E-state index is 0.00438. The molecule has 0 aromatic heterocycles. The number of aryl methyl sites for hydroxylation is 1. The quantitative estimate of drug-likeness (QED) is 0.451. The summed E-state index contributed by atoms with van der Waals surface area (Å²) < 4.78 is 11.0. The summed E-state index contributed by atoms with van der Waals surface area (Å²) in [4.78, 5) is 26.2. The summed E-state index contributed by atoms with van der Waals surface area (Å²) in [5.74, 6) is -1.63. The lowest BCUT2D eigenvalue weighted by Gasteiger charge is -2.30. The van der Waals surface area contributed by atoms with Crippen molar-refractivity contribution in [2.45, 2.75) is 39.0 Å². The van der Waals surface area contributed by atoms with Gasteiger partial charge in [0.25, 0.3) is 0 Å². The number of nitrogens with zero attached hydrogens (tertiary/aromatic N) is 1. The van der Waals surface area contributed by atoms with Gasteiger partial charge in [0.2, 0.25) is 0 Å². The van der Waals surface area contributed by atoms with Crippen LogP contribution in [0.1, 0.15) is 43.7 Å². The summed E-state index contributed by atoms with van der Waals surface area (Å²) in [7, 11) is 0. The first-order chi connectivity index (χ1) is 16.0. The first-order valence-corrected chi connectivity index (χ1v) is 11.0. The van der Waals surface area contributed by atoms with E-state index in [1.54, 1.807) is 13.8 Å². The zero-order chi connectivity index (χ0) is 23.6. The van der Waals surface area contributed by atoms with Gasteiger partial charge in [0.15, 0.2) is 0 Å². The molecule has 3 rings (SSSR count). The van der Waals surface area contributed by atoms with Crippen molar-refractivity contribution in [3.8, 4) is 6.07 Å². The molecule has 0 aliphatic carbocycles. The second kappa shape index (κ2) is 11.7. The van der Waals surface area contributed by atoms with Gasteiger partial charge in [-0.1, -0.05) is 60.7 Å². The Labute approximate surface area is 194 Å². The Hall–Kier alpha value is -3.85. The van der Waals surface area contributed by atoms with Crippen molar-refractivity contribution in [1.29, 1.82) is 5.26 Å². The number of dihydropyridines is 1. The van der Waals surface area contributed by atoms with Crippen LogP contribution in [-0.2, 0) is 25.5 Å². The van der Waals surface area contributed by atoms with Crippen LogP contribution in [-0.4, -0.2) is 25.2 Å². The molecule has 6 nitrogen and oxygen atoms in total. The lowest BCUT2D eigenvalue weighted by Crippen LogP contribution is -2.32. The summed E-state index contributed by atoms with van der Waals surface area (Å²) >= 11 is 0. The molecule has 1 unspecified atom stereocenters. The van der Waals surface area contributed by atoms with Crippen molar-refractivity contribution < 1.29 is 19.1 Å². The average Bonchev–Trinajstić information content (AvgIpc) is 2.82. The molecule has 1 atom stereocenters. The van der Waals surface area contributed by atoms with E-state index < -0.39 is 17.9 Å². The van der Waals surface area contributed by atoms with E-state index in [9.17, 15) is 9.59 Å². The Bertz CT molecular complexity index is 1080. The molecule has 2 aromatic rings. The molecule has 170 valence electrons. The first-order valence-electron chi connectivity index (χ1n) is 11.0. The molecule has 1 N–H and O–H groups in total. The number of ether oxygens (including phenoxy) is 2. The van der Waals surface area contributed by atoms with Gasteiger partial charge in [-0.25, -0.2) is 9.59 Å². The van der Waals surface area contributed by atoms with Crippen molar-refractivity contribution in [3.05, 3.63) is 94.3 Å². The third-order valence-electron chi connectivity index (χ3n) is 5.47. The Balaban J connectivity index is 1.80. The fraction of sp³-hybridized carbons (Fsp3) is 0.296. The summed E-state index contributed by atoms with van der Waals surface area (Å²) in [6.45, 7) is 3.85. The zero-order valence-electron chi connectivity index (χ0n) is 19.0. The number of hydrogen-bond donors (Lipinski definition) is 1. The summed E-state index contributed by atoms with van der Waals surface area (Å²) in [6, 6.07) is 21.4. The second-order valence-corrected chi connectivity index (χ2v) is 7.82. The Morgan fingerprint density at radius 2 is 1.42 bits per heavy atom. The number of nitriles is 1. The topological polar surface area (TPSA) is 88.4 Å². The van der Waals surface area contributed by atoms with E-state index in [0.29, 0.717) is 29.0 Å². The largest absolute Gasteiger partial charge is 0.462 e. The molecule has 0 amide bonds. The highest BCUT2D eigenvalue weighted by Crippen LogP contribution is 2.39. The molecule has 6 heteroatoms. The van der Waals surface area contributed by atoms with Gasteiger partial charge in [0.1, 0.15) is 6.61 Å². The number of rotatable bonds is 9. The van der Waals surface area contributed by atoms with Crippen LogP contribution in [0.25, 0.3) is 0 Å². The minimum atomic E-state index is -0.622. The highest BCUT2D eigenvalue weighted by molar-refractivity contribution is 5.99. The molecule has 0 spiro atoms. The number of carbonyl (C=O) groups is 2. The predicted octanol–water partition coefficient (Wildman–Crippen LogP) is 4.55. The standard InChI is InChI=1S/C27H28N2O4/c1-19-23(26(30)32-17-9-13-21-11-5-3-6-12-21)25(22-14-7-4-8-15-22)24(20(2)29-19)27(31)33-18-10-16-28/h3-8,11-12,14-15,25,29H,9-10,13,17-18H2,1-2H3. The maximum atomic E-state index is 13.2. The number of allylic oxidation sites excluding steroid dienone is 2. The smallest absolute Gasteiger partial charge is 0.336 e. The Kier molecular flexibility index (Phi) is 8.43. The molecule has 0 saturated heterocycles. The van der Waals surface area contributed by atoms with Gasteiger partial charge in [-0.3, -0.25) is 0 Å². The minimum Gasteiger partial charge on any atom is -0.462 e. The van der Waals surface area contributed by atoms with E-state index in [1.807, 2.05) is 66.7 Å². The van der Waals surface area contributed by atoms with Crippen LogP contribution >= 0.6 is 0 Å². The SMILES string of the molecule is CC1=C(C(=O)OCCC#N)C(c2ccccc2)C(C(=O)OCCCc2ccccc2)=C(C)N1. The highest BCUT2D eigenvalue weighted by atomic mass is 16.5. The van der Waals surface area contributed by atoms with Crippen LogP contribution in [0.15, 0.2) is 83.2 Å². The van der Waals surface area contributed by atoms with E-state index >= 15 is 0 Å². The van der Waals surface area contributed by atoms with E-state index in [-0.39, 0.29) is 19.6 Å². The van der Waals surface area contributed by atoms with Crippen LogP contribution in [0.4, 0.5) is 0 Å². The zero-order valence-corrected chi connectivity index (χ0v) is 19.0. The molecule has 0 saturated carbocycles. The third-order valence-corrected chi connectivity index (χ3v) is 5.47. The predicted molar refractivity (Wildman–Crippen MR) is 125 cm³/mol.